The molecule has 3 heterocycles. The summed E-state index contributed by atoms with van der Waals surface area (Å²) in [6.07, 6.45) is 3.32. The molecule has 3 aromatic rings. The van der Waals surface area contributed by atoms with Gasteiger partial charge in [0.15, 0.2) is 0 Å². The van der Waals surface area contributed by atoms with Crippen molar-refractivity contribution < 1.29 is 9.18 Å². The molecule has 4 rings (SSSR count). The topological polar surface area (TPSA) is 43.1 Å². The Labute approximate surface area is 151 Å². The fourth-order valence-electron chi connectivity index (χ4n) is 3.75. The summed E-state index contributed by atoms with van der Waals surface area (Å²) in [7, 11) is 1.83. The van der Waals surface area contributed by atoms with Crippen LogP contribution in [0.15, 0.2) is 36.5 Å². The van der Waals surface area contributed by atoms with Crippen LogP contribution in [0.5, 0.6) is 0 Å². The number of fused-ring (bicyclic) bond motifs is 1. The number of rotatable bonds is 2. The standard InChI is InChI=1S/C20H21FN4O/c1-13-6-7-14(2)25(13)19-17(12-22-23(19)3)20(26)24-10-4-5-15-8-9-16(21)11-18(15)24/h6-9,11-12H,4-5,10H2,1-3H3. The molecular weight excluding hydrogens is 331 g/mol. The SMILES string of the molecule is Cc1ccc(C)n1-c1c(C(=O)N2CCCc3ccc(F)cc32)cnn1C. The Bertz CT molecular complexity index is 982. The predicted octanol–water partition coefficient (Wildman–Crippen LogP) is 3.56. The van der Waals surface area contributed by atoms with E-state index in [1.807, 2.05) is 37.6 Å². The molecule has 0 atom stereocenters. The second kappa shape index (κ2) is 6.12. The lowest BCUT2D eigenvalue weighted by molar-refractivity contribution is 0.0985. The second-order valence-corrected chi connectivity index (χ2v) is 6.79. The van der Waals surface area contributed by atoms with Gasteiger partial charge in [-0.05, 0) is 56.5 Å². The monoisotopic (exact) mass is 352 g/mol. The van der Waals surface area contributed by atoms with E-state index in [1.165, 1.54) is 12.1 Å². The quantitative estimate of drug-likeness (QED) is 0.708. The molecule has 0 radical (unpaired) electrons. The van der Waals surface area contributed by atoms with E-state index in [4.69, 9.17) is 0 Å². The second-order valence-electron chi connectivity index (χ2n) is 6.79. The minimum Gasteiger partial charge on any atom is -0.308 e. The largest absolute Gasteiger partial charge is 0.308 e. The van der Waals surface area contributed by atoms with Crippen LogP contribution in [0.2, 0.25) is 0 Å². The maximum Gasteiger partial charge on any atom is 0.263 e. The summed E-state index contributed by atoms with van der Waals surface area (Å²) in [5, 5.41) is 4.32. The highest BCUT2D eigenvalue weighted by Crippen LogP contribution is 2.30. The molecule has 0 spiro atoms. The summed E-state index contributed by atoms with van der Waals surface area (Å²) in [6, 6.07) is 8.71. The molecule has 1 aliphatic heterocycles. The van der Waals surface area contributed by atoms with Crippen molar-refractivity contribution in [1.29, 1.82) is 0 Å². The van der Waals surface area contributed by atoms with Gasteiger partial charge in [0.2, 0.25) is 0 Å². The normalized spacial score (nSPS) is 13.8. The summed E-state index contributed by atoms with van der Waals surface area (Å²) in [4.78, 5) is 15.0. The van der Waals surface area contributed by atoms with Crippen molar-refractivity contribution in [2.45, 2.75) is 26.7 Å². The summed E-state index contributed by atoms with van der Waals surface area (Å²) in [5.41, 5.74) is 4.25. The Kier molecular flexibility index (Phi) is 3.90. The number of benzene rings is 1. The van der Waals surface area contributed by atoms with Crippen LogP contribution in [0.4, 0.5) is 10.1 Å². The fourth-order valence-corrected chi connectivity index (χ4v) is 3.75. The van der Waals surface area contributed by atoms with Gasteiger partial charge in [0, 0.05) is 25.0 Å². The number of nitrogens with zero attached hydrogens (tertiary/aromatic N) is 4. The minimum absolute atomic E-state index is 0.146. The highest BCUT2D eigenvalue weighted by Gasteiger charge is 2.28. The molecule has 1 aliphatic rings. The van der Waals surface area contributed by atoms with Crippen molar-refractivity contribution in [2.24, 2.45) is 7.05 Å². The number of aryl methyl sites for hydroxylation is 4. The van der Waals surface area contributed by atoms with Crippen molar-refractivity contribution in [1.82, 2.24) is 14.3 Å². The number of carbonyl (C=O) groups excluding carboxylic acids is 1. The van der Waals surface area contributed by atoms with Crippen molar-refractivity contribution in [3.63, 3.8) is 0 Å². The first kappa shape index (κ1) is 16.6. The number of carbonyl (C=O) groups is 1. The van der Waals surface area contributed by atoms with Gasteiger partial charge < -0.3 is 9.47 Å². The Morgan fingerprint density at radius 1 is 1.15 bits per heavy atom. The lowest BCUT2D eigenvalue weighted by Gasteiger charge is -2.29. The zero-order valence-electron chi connectivity index (χ0n) is 15.2. The third kappa shape index (κ3) is 2.53. The molecule has 5 nitrogen and oxygen atoms in total. The molecule has 6 heteroatoms. The molecule has 0 aliphatic carbocycles. The molecule has 1 aromatic carbocycles. The minimum atomic E-state index is -0.327. The summed E-state index contributed by atoms with van der Waals surface area (Å²) in [5.74, 6) is 0.262. The maximum atomic E-state index is 13.8. The molecular formula is C20H21FN4O. The third-order valence-corrected chi connectivity index (χ3v) is 5.03. The van der Waals surface area contributed by atoms with Gasteiger partial charge in [-0.2, -0.15) is 5.10 Å². The van der Waals surface area contributed by atoms with Crippen LogP contribution >= 0.6 is 0 Å². The van der Waals surface area contributed by atoms with E-state index in [9.17, 15) is 9.18 Å². The van der Waals surface area contributed by atoms with Crippen molar-refractivity contribution >= 4 is 11.6 Å². The molecule has 0 fully saturated rings. The summed E-state index contributed by atoms with van der Waals surface area (Å²) in [6.45, 7) is 4.58. The van der Waals surface area contributed by atoms with Gasteiger partial charge in [-0.1, -0.05) is 6.07 Å². The molecule has 0 unspecified atom stereocenters. The van der Waals surface area contributed by atoms with Crippen molar-refractivity contribution in [3.8, 4) is 5.82 Å². The molecule has 1 amide bonds. The summed E-state index contributed by atoms with van der Waals surface area (Å²) < 4.78 is 17.5. The molecule has 0 saturated carbocycles. The maximum absolute atomic E-state index is 13.8. The van der Waals surface area contributed by atoms with Gasteiger partial charge in [-0.15, -0.1) is 0 Å². The first-order valence-corrected chi connectivity index (χ1v) is 8.75. The number of anilines is 1. The molecule has 26 heavy (non-hydrogen) atoms. The Hall–Kier alpha value is -2.89. The highest BCUT2D eigenvalue weighted by atomic mass is 19.1. The van der Waals surface area contributed by atoms with Crippen molar-refractivity contribution in [2.75, 3.05) is 11.4 Å². The molecule has 0 N–H and O–H groups in total. The number of halogens is 1. The first-order chi connectivity index (χ1) is 12.5. The van der Waals surface area contributed by atoms with Gasteiger partial charge in [-0.3, -0.25) is 9.48 Å². The number of amides is 1. The Morgan fingerprint density at radius 3 is 2.62 bits per heavy atom. The van der Waals surface area contributed by atoms with E-state index in [0.717, 1.165) is 35.6 Å². The average Bonchev–Trinajstić information content (AvgIpc) is 3.15. The molecule has 134 valence electrons. The van der Waals surface area contributed by atoms with Crippen molar-refractivity contribution in [3.05, 3.63) is 64.9 Å². The zero-order chi connectivity index (χ0) is 18.4. The predicted molar refractivity (Wildman–Crippen MR) is 98.4 cm³/mol. The Morgan fingerprint density at radius 2 is 1.88 bits per heavy atom. The van der Waals surface area contributed by atoms with Crippen LogP contribution < -0.4 is 4.90 Å². The lowest BCUT2D eigenvalue weighted by Crippen LogP contribution is -2.36. The zero-order valence-corrected chi connectivity index (χ0v) is 15.2. The van der Waals surface area contributed by atoms with E-state index >= 15 is 0 Å². The Balaban J connectivity index is 1.82. The fraction of sp³-hybridized carbons (Fsp3) is 0.300. The number of hydrogen-bond acceptors (Lipinski definition) is 2. The average molecular weight is 352 g/mol. The van der Waals surface area contributed by atoms with Crippen LogP contribution in [0.3, 0.4) is 0 Å². The first-order valence-electron chi connectivity index (χ1n) is 8.75. The third-order valence-electron chi connectivity index (χ3n) is 5.03. The van der Waals surface area contributed by atoms with E-state index in [-0.39, 0.29) is 11.7 Å². The van der Waals surface area contributed by atoms with Crippen LogP contribution in [0.25, 0.3) is 5.82 Å². The smallest absolute Gasteiger partial charge is 0.263 e. The van der Waals surface area contributed by atoms with Gasteiger partial charge in [0.05, 0.1) is 11.9 Å². The van der Waals surface area contributed by atoms with Gasteiger partial charge in [-0.25, -0.2) is 4.39 Å². The van der Waals surface area contributed by atoms with Gasteiger partial charge >= 0.3 is 0 Å². The van der Waals surface area contributed by atoms with Crippen LogP contribution in [0, 0.1) is 19.7 Å². The lowest BCUT2D eigenvalue weighted by atomic mass is 10.0. The van der Waals surface area contributed by atoms with E-state index < -0.39 is 0 Å². The molecule has 0 saturated heterocycles. The number of hydrogen-bond donors (Lipinski definition) is 0. The van der Waals surface area contributed by atoms with E-state index in [0.29, 0.717) is 17.8 Å². The van der Waals surface area contributed by atoms with Crippen LogP contribution in [-0.4, -0.2) is 26.8 Å². The van der Waals surface area contributed by atoms with Crippen LogP contribution in [-0.2, 0) is 13.5 Å². The van der Waals surface area contributed by atoms with Gasteiger partial charge in [0.1, 0.15) is 17.2 Å². The molecule has 0 bridgehead atoms. The van der Waals surface area contributed by atoms with E-state index in [1.54, 1.807) is 21.8 Å². The number of aromatic nitrogens is 3. The van der Waals surface area contributed by atoms with Gasteiger partial charge in [0.25, 0.3) is 5.91 Å². The molecule has 2 aromatic heterocycles. The van der Waals surface area contributed by atoms with Crippen LogP contribution in [0.1, 0.15) is 33.7 Å². The highest BCUT2D eigenvalue weighted by molar-refractivity contribution is 6.08. The van der Waals surface area contributed by atoms with E-state index in [2.05, 4.69) is 5.10 Å². The summed E-state index contributed by atoms with van der Waals surface area (Å²) >= 11 is 0.